The van der Waals surface area contributed by atoms with E-state index in [1.54, 1.807) is 0 Å². The third-order valence-electron chi connectivity index (χ3n) is 2.22. The number of nitrogens with zero attached hydrogens (tertiary/aromatic N) is 1. The number of hydrogen-bond acceptors (Lipinski definition) is 4. The highest BCUT2D eigenvalue weighted by atomic mass is 35.5. The van der Waals surface area contributed by atoms with E-state index in [9.17, 15) is 26.7 Å². The summed E-state index contributed by atoms with van der Waals surface area (Å²) in [6.45, 7) is 1.40. The lowest BCUT2D eigenvalue weighted by Gasteiger charge is -2.17. The fraction of sp³-hybridized carbons (Fsp3) is 0.455. The van der Waals surface area contributed by atoms with E-state index in [2.05, 4.69) is 14.5 Å². The van der Waals surface area contributed by atoms with Crippen molar-refractivity contribution in [2.45, 2.75) is 25.6 Å². The number of hydrogen-bond donors (Lipinski definition) is 0. The molecule has 0 aliphatic carbocycles. The fourth-order valence-electron chi connectivity index (χ4n) is 1.45. The molecule has 0 N–H and O–H groups in total. The van der Waals surface area contributed by atoms with Crippen molar-refractivity contribution in [1.82, 2.24) is 4.98 Å². The van der Waals surface area contributed by atoms with E-state index in [0.717, 1.165) is 0 Å². The monoisotopic (exact) mass is 333 g/mol. The van der Waals surface area contributed by atoms with Gasteiger partial charge in [0.1, 0.15) is 5.69 Å². The summed E-state index contributed by atoms with van der Waals surface area (Å²) in [6.07, 6.45) is -7.89. The van der Waals surface area contributed by atoms with Gasteiger partial charge in [0, 0.05) is 11.8 Å². The van der Waals surface area contributed by atoms with Gasteiger partial charge in [-0.3, -0.25) is 4.98 Å². The van der Waals surface area contributed by atoms with Crippen molar-refractivity contribution in [2.24, 2.45) is 0 Å². The highest BCUT2D eigenvalue weighted by Gasteiger charge is 2.36. The first-order chi connectivity index (χ1) is 9.71. The normalized spacial score (nSPS) is 11.6. The predicted octanol–water partition coefficient (Wildman–Crippen LogP) is 3.83. The van der Waals surface area contributed by atoms with E-state index in [4.69, 9.17) is 11.6 Å². The Morgan fingerprint density at radius 1 is 1.43 bits per heavy atom. The molecule has 0 aliphatic rings. The average Bonchev–Trinajstić information content (AvgIpc) is 2.36. The van der Waals surface area contributed by atoms with E-state index in [1.165, 1.54) is 6.92 Å². The number of carbonyl (C=O) groups is 1. The van der Waals surface area contributed by atoms with Crippen LogP contribution in [0.5, 0.6) is 5.75 Å². The van der Waals surface area contributed by atoms with Crippen LogP contribution in [0.25, 0.3) is 0 Å². The molecule has 0 saturated heterocycles. The molecule has 0 bridgehead atoms. The molecule has 0 aromatic carbocycles. The summed E-state index contributed by atoms with van der Waals surface area (Å²) in [5.41, 5.74) is -2.27. The first-order valence-corrected chi connectivity index (χ1v) is 6.03. The molecule has 0 unspecified atom stereocenters. The molecule has 0 aliphatic heterocycles. The third-order valence-corrected chi connectivity index (χ3v) is 2.49. The molecule has 1 aromatic heterocycles. The maximum absolute atomic E-state index is 12.7. The SMILES string of the molecule is CCOC(=O)c1cnc(C(F)F)c(OC(F)(F)F)c1CCl. The Labute approximate surface area is 120 Å². The fourth-order valence-corrected chi connectivity index (χ4v) is 1.72. The van der Waals surface area contributed by atoms with E-state index < -0.39 is 47.2 Å². The van der Waals surface area contributed by atoms with Crippen LogP contribution < -0.4 is 4.74 Å². The van der Waals surface area contributed by atoms with Crippen LogP contribution in [0.15, 0.2) is 6.20 Å². The minimum absolute atomic E-state index is 0.0629. The Morgan fingerprint density at radius 3 is 2.48 bits per heavy atom. The average molecular weight is 334 g/mol. The van der Waals surface area contributed by atoms with Crippen molar-refractivity contribution in [2.75, 3.05) is 6.61 Å². The molecule has 1 aromatic rings. The molecule has 0 amide bonds. The van der Waals surface area contributed by atoms with Gasteiger partial charge in [-0.2, -0.15) is 0 Å². The molecule has 10 heteroatoms. The molecule has 0 atom stereocenters. The lowest BCUT2D eigenvalue weighted by Crippen LogP contribution is -2.21. The number of ether oxygens (including phenoxy) is 2. The number of pyridine rings is 1. The summed E-state index contributed by atoms with van der Waals surface area (Å²) in [4.78, 5) is 14.7. The second-order valence-electron chi connectivity index (χ2n) is 3.57. The van der Waals surface area contributed by atoms with Gasteiger partial charge in [0.15, 0.2) is 5.75 Å². The maximum Gasteiger partial charge on any atom is 0.573 e. The first-order valence-electron chi connectivity index (χ1n) is 5.50. The van der Waals surface area contributed by atoms with Crippen LogP contribution in [0.3, 0.4) is 0 Å². The molecule has 1 heterocycles. The van der Waals surface area contributed by atoms with Gasteiger partial charge in [0.05, 0.1) is 18.1 Å². The Bertz CT molecular complexity index is 521. The van der Waals surface area contributed by atoms with Crippen molar-refractivity contribution in [3.8, 4) is 5.75 Å². The van der Waals surface area contributed by atoms with Crippen LogP contribution in [0, 0.1) is 0 Å². The van der Waals surface area contributed by atoms with Gasteiger partial charge in [-0.05, 0) is 6.92 Å². The second kappa shape index (κ2) is 6.88. The summed E-state index contributed by atoms with van der Waals surface area (Å²) >= 11 is 5.46. The zero-order chi connectivity index (χ0) is 16.2. The predicted molar refractivity (Wildman–Crippen MR) is 61.4 cm³/mol. The molecule has 0 saturated carbocycles. The largest absolute Gasteiger partial charge is 0.573 e. The number of esters is 1. The standard InChI is InChI=1S/C11H9ClF5NO3/c1-2-20-10(19)6-4-18-7(9(13)14)8(5(6)3-12)21-11(15,16)17/h4,9H,2-3H2,1H3. The molecular weight excluding hydrogens is 325 g/mol. The van der Waals surface area contributed by atoms with Gasteiger partial charge in [0.25, 0.3) is 6.43 Å². The molecular formula is C11H9ClF5NO3. The number of carbonyl (C=O) groups excluding carboxylic acids is 1. The molecule has 0 spiro atoms. The number of aromatic nitrogens is 1. The van der Waals surface area contributed by atoms with Crippen molar-refractivity contribution in [1.29, 1.82) is 0 Å². The molecule has 0 fully saturated rings. The van der Waals surface area contributed by atoms with Crippen LogP contribution in [0.2, 0.25) is 0 Å². The summed E-state index contributed by atoms with van der Waals surface area (Å²) < 4.78 is 70.6. The van der Waals surface area contributed by atoms with E-state index >= 15 is 0 Å². The van der Waals surface area contributed by atoms with Crippen molar-refractivity contribution in [3.05, 3.63) is 23.0 Å². The van der Waals surface area contributed by atoms with Gasteiger partial charge < -0.3 is 9.47 Å². The summed E-state index contributed by atoms with van der Waals surface area (Å²) in [6, 6.07) is 0. The lowest BCUT2D eigenvalue weighted by molar-refractivity contribution is -0.275. The van der Waals surface area contributed by atoms with Crippen LogP contribution in [0.4, 0.5) is 22.0 Å². The minimum atomic E-state index is -5.24. The van der Waals surface area contributed by atoms with Gasteiger partial charge in [-0.15, -0.1) is 24.8 Å². The highest BCUT2D eigenvalue weighted by molar-refractivity contribution is 6.18. The van der Waals surface area contributed by atoms with E-state index in [-0.39, 0.29) is 6.61 Å². The minimum Gasteiger partial charge on any atom is -0.462 e. The van der Waals surface area contributed by atoms with Crippen molar-refractivity contribution in [3.63, 3.8) is 0 Å². The quantitative estimate of drug-likeness (QED) is 0.467. The molecule has 1 rings (SSSR count). The van der Waals surface area contributed by atoms with Gasteiger partial charge in [-0.25, -0.2) is 13.6 Å². The van der Waals surface area contributed by atoms with Crippen LogP contribution >= 0.6 is 11.6 Å². The number of halogens is 6. The number of rotatable bonds is 5. The Balaban J connectivity index is 3.45. The molecule has 0 radical (unpaired) electrons. The van der Waals surface area contributed by atoms with Crippen LogP contribution in [-0.4, -0.2) is 23.9 Å². The van der Waals surface area contributed by atoms with Crippen molar-refractivity contribution >= 4 is 17.6 Å². The molecule has 4 nitrogen and oxygen atoms in total. The van der Waals surface area contributed by atoms with Gasteiger partial charge in [0.2, 0.25) is 0 Å². The van der Waals surface area contributed by atoms with E-state index in [1.807, 2.05) is 0 Å². The first kappa shape index (κ1) is 17.4. The van der Waals surface area contributed by atoms with Crippen molar-refractivity contribution < 1.29 is 36.2 Å². The Morgan fingerprint density at radius 2 is 2.05 bits per heavy atom. The lowest BCUT2D eigenvalue weighted by atomic mass is 10.1. The topological polar surface area (TPSA) is 48.4 Å². The molecule has 21 heavy (non-hydrogen) atoms. The highest BCUT2D eigenvalue weighted by Crippen LogP contribution is 2.37. The zero-order valence-corrected chi connectivity index (χ0v) is 11.3. The summed E-state index contributed by atoms with van der Waals surface area (Å²) in [5, 5.41) is 0. The molecule has 118 valence electrons. The second-order valence-corrected chi connectivity index (χ2v) is 3.83. The van der Waals surface area contributed by atoms with E-state index in [0.29, 0.717) is 6.20 Å². The van der Waals surface area contributed by atoms with Crippen LogP contribution in [0.1, 0.15) is 35.0 Å². The summed E-state index contributed by atoms with van der Waals surface area (Å²) in [5.74, 6) is -2.98. The Kier molecular flexibility index (Phi) is 5.70. The zero-order valence-electron chi connectivity index (χ0n) is 10.5. The van der Waals surface area contributed by atoms with Crippen LogP contribution in [-0.2, 0) is 10.6 Å². The third kappa shape index (κ3) is 4.42. The number of alkyl halides is 6. The van der Waals surface area contributed by atoms with Gasteiger partial charge in [-0.1, -0.05) is 0 Å². The maximum atomic E-state index is 12.7. The Hall–Kier alpha value is -1.64. The summed E-state index contributed by atoms with van der Waals surface area (Å²) in [7, 11) is 0. The van der Waals surface area contributed by atoms with Gasteiger partial charge >= 0.3 is 12.3 Å². The smallest absolute Gasteiger partial charge is 0.462 e.